The quantitative estimate of drug-likeness (QED) is 0.852. The molecule has 4 nitrogen and oxygen atoms in total. The van der Waals surface area contributed by atoms with Gasteiger partial charge in [0.1, 0.15) is 11.6 Å². The van der Waals surface area contributed by atoms with Crippen LogP contribution >= 0.6 is 0 Å². The van der Waals surface area contributed by atoms with E-state index in [-0.39, 0.29) is 12.1 Å². The Bertz CT molecular complexity index is 402. The average molecular weight is 279 g/mol. The highest BCUT2D eigenvalue weighted by Crippen LogP contribution is 2.25. The maximum atomic E-state index is 10.6. The summed E-state index contributed by atoms with van der Waals surface area (Å²) in [5.74, 6) is 1.74. The molecule has 20 heavy (non-hydrogen) atoms. The molecule has 1 N–H and O–H groups in total. The van der Waals surface area contributed by atoms with Crippen LogP contribution in [0.4, 0.5) is 0 Å². The van der Waals surface area contributed by atoms with Crippen LogP contribution in [0.5, 0.6) is 0 Å². The van der Waals surface area contributed by atoms with E-state index < -0.39 is 0 Å². The van der Waals surface area contributed by atoms with Gasteiger partial charge in [-0.15, -0.1) is 0 Å². The molecular formula is C16H29N3O. The van der Waals surface area contributed by atoms with Crippen molar-refractivity contribution in [3.05, 3.63) is 11.6 Å². The van der Waals surface area contributed by atoms with Crippen LogP contribution in [0, 0.1) is 13.8 Å². The second kappa shape index (κ2) is 7.77. The van der Waals surface area contributed by atoms with Crippen LogP contribution in [0.2, 0.25) is 0 Å². The maximum Gasteiger partial charge on any atom is 0.147 e. The molecule has 114 valence electrons. The molecule has 0 saturated heterocycles. The highest BCUT2D eigenvalue weighted by Gasteiger charge is 2.23. The van der Waals surface area contributed by atoms with Gasteiger partial charge in [-0.25, -0.2) is 9.67 Å². The van der Waals surface area contributed by atoms with Gasteiger partial charge in [0.15, 0.2) is 0 Å². The first kappa shape index (κ1) is 15.5. The highest BCUT2D eigenvalue weighted by atomic mass is 16.3. The lowest BCUT2D eigenvalue weighted by molar-refractivity contribution is 0.0862. The number of nitrogens with zero attached hydrogens (tertiary/aromatic N) is 3. The first-order valence-corrected chi connectivity index (χ1v) is 8.26. The van der Waals surface area contributed by atoms with Crippen molar-refractivity contribution < 1.29 is 5.11 Å². The summed E-state index contributed by atoms with van der Waals surface area (Å²) in [6.07, 6.45) is 11.8. The minimum atomic E-state index is -0.283. The van der Waals surface area contributed by atoms with E-state index in [9.17, 15) is 5.11 Å². The summed E-state index contributed by atoms with van der Waals surface area (Å²) in [5.41, 5.74) is 0. The Hall–Kier alpha value is -0.900. The summed E-state index contributed by atoms with van der Waals surface area (Å²) >= 11 is 0. The van der Waals surface area contributed by atoms with E-state index in [1.807, 2.05) is 18.5 Å². The molecule has 2 rings (SSSR count). The van der Waals surface area contributed by atoms with Crippen molar-refractivity contribution in [3.63, 3.8) is 0 Å². The first-order chi connectivity index (χ1) is 9.68. The topological polar surface area (TPSA) is 50.9 Å². The minimum absolute atomic E-state index is 0.107. The zero-order chi connectivity index (χ0) is 14.4. The molecule has 4 heteroatoms. The van der Waals surface area contributed by atoms with Crippen LogP contribution in [0.3, 0.4) is 0 Å². The molecule has 0 bridgehead atoms. The highest BCUT2D eigenvalue weighted by molar-refractivity contribution is 4.92. The largest absolute Gasteiger partial charge is 0.391 e. The van der Waals surface area contributed by atoms with Crippen molar-refractivity contribution in [1.29, 1.82) is 0 Å². The average Bonchev–Trinajstić information content (AvgIpc) is 2.73. The third kappa shape index (κ3) is 4.30. The van der Waals surface area contributed by atoms with Crippen LogP contribution < -0.4 is 0 Å². The van der Waals surface area contributed by atoms with Crippen LogP contribution in [0.1, 0.15) is 81.9 Å². The van der Waals surface area contributed by atoms with Crippen molar-refractivity contribution >= 4 is 0 Å². The summed E-state index contributed by atoms with van der Waals surface area (Å²) in [6, 6.07) is 0.107. The Balaban J connectivity index is 2.06. The monoisotopic (exact) mass is 279 g/mol. The van der Waals surface area contributed by atoms with Gasteiger partial charge >= 0.3 is 0 Å². The molecule has 1 aliphatic carbocycles. The predicted octanol–water partition coefficient (Wildman–Crippen LogP) is 3.71. The van der Waals surface area contributed by atoms with Crippen molar-refractivity contribution in [3.8, 4) is 0 Å². The van der Waals surface area contributed by atoms with Gasteiger partial charge in [-0.2, -0.15) is 5.10 Å². The van der Waals surface area contributed by atoms with Gasteiger partial charge in [-0.1, -0.05) is 51.4 Å². The normalized spacial score (nSPS) is 26.8. The Labute approximate surface area is 122 Å². The summed E-state index contributed by atoms with van der Waals surface area (Å²) in [5, 5.41) is 15.0. The summed E-state index contributed by atoms with van der Waals surface area (Å²) in [6.45, 7) is 3.91. The lowest BCUT2D eigenvalue weighted by Gasteiger charge is -2.24. The predicted molar refractivity (Wildman–Crippen MR) is 80.7 cm³/mol. The van der Waals surface area contributed by atoms with E-state index in [0.717, 1.165) is 30.9 Å². The first-order valence-electron chi connectivity index (χ1n) is 8.26. The van der Waals surface area contributed by atoms with Crippen LogP contribution in [0.25, 0.3) is 0 Å². The third-order valence-corrected chi connectivity index (χ3v) is 4.42. The second-order valence-electron chi connectivity index (χ2n) is 6.19. The molecule has 1 aromatic rings. The number of aromatic nitrogens is 3. The number of rotatable bonds is 1. The summed E-state index contributed by atoms with van der Waals surface area (Å²) < 4.78 is 1.96. The fraction of sp³-hybridized carbons (Fsp3) is 0.875. The van der Waals surface area contributed by atoms with E-state index >= 15 is 0 Å². The van der Waals surface area contributed by atoms with Gasteiger partial charge in [-0.05, 0) is 26.7 Å². The van der Waals surface area contributed by atoms with Crippen LogP contribution in [-0.2, 0) is 0 Å². The number of aryl methyl sites for hydroxylation is 2. The van der Waals surface area contributed by atoms with Gasteiger partial charge in [0.05, 0.1) is 12.1 Å². The molecule has 1 fully saturated rings. The van der Waals surface area contributed by atoms with Gasteiger partial charge in [0, 0.05) is 0 Å². The molecule has 0 aliphatic heterocycles. The third-order valence-electron chi connectivity index (χ3n) is 4.42. The molecule has 1 aromatic heterocycles. The Morgan fingerprint density at radius 3 is 2.00 bits per heavy atom. The standard InChI is InChI=1S/C16H29N3O/c1-13-17-14(2)19(18-13)15-11-9-7-5-3-4-6-8-10-12-16(15)20/h15-16,20H,3-12H2,1-2H3. The van der Waals surface area contributed by atoms with Crippen LogP contribution in [0.15, 0.2) is 0 Å². The minimum Gasteiger partial charge on any atom is -0.391 e. The molecule has 0 radical (unpaired) electrons. The second-order valence-corrected chi connectivity index (χ2v) is 6.19. The van der Waals surface area contributed by atoms with Crippen molar-refractivity contribution in [2.75, 3.05) is 0 Å². The van der Waals surface area contributed by atoms with Crippen molar-refractivity contribution in [2.24, 2.45) is 0 Å². The van der Waals surface area contributed by atoms with E-state index in [0.29, 0.717) is 0 Å². The number of hydrogen-bond donors (Lipinski definition) is 1. The molecule has 1 saturated carbocycles. The van der Waals surface area contributed by atoms with Gasteiger partial charge in [0.2, 0.25) is 0 Å². The van der Waals surface area contributed by atoms with E-state index in [1.165, 1.54) is 44.9 Å². The zero-order valence-corrected chi connectivity index (χ0v) is 13.0. The fourth-order valence-corrected chi connectivity index (χ4v) is 3.29. The van der Waals surface area contributed by atoms with Crippen molar-refractivity contribution in [2.45, 2.75) is 90.2 Å². The summed E-state index contributed by atoms with van der Waals surface area (Å²) in [7, 11) is 0. The molecule has 2 unspecified atom stereocenters. The number of hydrogen-bond acceptors (Lipinski definition) is 3. The Morgan fingerprint density at radius 2 is 1.45 bits per heavy atom. The van der Waals surface area contributed by atoms with E-state index in [4.69, 9.17) is 0 Å². The zero-order valence-electron chi connectivity index (χ0n) is 13.0. The molecule has 0 aromatic carbocycles. The molecule has 1 heterocycles. The number of aliphatic hydroxyl groups is 1. The van der Waals surface area contributed by atoms with Crippen molar-refractivity contribution in [1.82, 2.24) is 14.8 Å². The molecule has 0 amide bonds. The van der Waals surface area contributed by atoms with E-state index in [2.05, 4.69) is 10.1 Å². The molecule has 0 spiro atoms. The number of aliphatic hydroxyl groups excluding tert-OH is 1. The maximum absolute atomic E-state index is 10.6. The Morgan fingerprint density at radius 1 is 0.900 bits per heavy atom. The van der Waals surface area contributed by atoms with Crippen LogP contribution in [-0.4, -0.2) is 26.0 Å². The van der Waals surface area contributed by atoms with Gasteiger partial charge < -0.3 is 5.11 Å². The molecular weight excluding hydrogens is 250 g/mol. The smallest absolute Gasteiger partial charge is 0.147 e. The molecule has 2 atom stereocenters. The van der Waals surface area contributed by atoms with Gasteiger partial charge in [-0.3, -0.25) is 0 Å². The van der Waals surface area contributed by atoms with Gasteiger partial charge in [0.25, 0.3) is 0 Å². The Kier molecular flexibility index (Phi) is 6.02. The molecule has 1 aliphatic rings. The SMILES string of the molecule is Cc1nc(C)n(C2CCCCCCCCCCC2O)n1. The lowest BCUT2D eigenvalue weighted by atomic mass is 9.96. The van der Waals surface area contributed by atoms with E-state index in [1.54, 1.807) is 0 Å². The fourth-order valence-electron chi connectivity index (χ4n) is 3.29. The lowest BCUT2D eigenvalue weighted by Crippen LogP contribution is -2.26. The summed E-state index contributed by atoms with van der Waals surface area (Å²) in [4.78, 5) is 4.39.